The number of H-pyrrole nitrogens is 1. The fourth-order valence-electron chi connectivity index (χ4n) is 2.30. The SMILES string of the molecule is O=c1[nH]cnc2c1NCN2C1CCC(CO)O1. The van der Waals surface area contributed by atoms with E-state index in [4.69, 9.17) is 9.84 Å². The van der Waals surface area contributed by atoms with Crippen LogP contribution in [0.2, 0.25) is 0 Å². The van der Waals surface area contributed by atoms with Gasteiger partial charge in [0.1, 0.15) is 11.9 Å². The van der Waals surface area contributed by atoms with Gasteiger partial charge in [-0.05, 0) is 12.8 Å². The molecule has 0 aliphatic carbocycles. The van der Waals surface area contributed by atoms with Crippen LogP contribution in [-0.2, 0) is 4.74 Å². The predicted molar refractivity (Wildman–Crippen MR) is 60.8 cm³/mol. The third-order valence-electron chi connectivity index (χ3n) is 3.17. The Bertz CT molecular complexity index is 475. The number of hydrogen-bond donors (Lipinski definition) is 3. The highest BCUT2D eigenvalue weighted by Crippen LogP contribution is 2.31. The lowest BCUT2D eigenvalue weighted by atomic mass is 10.2. The Hall–Kier alpha value is -1.60. The number of fused-ring (bicyclic) bond motifs is 1. The molecule has 3 heterocycles. The average Bonchev–Trinajstić information content (AvgIpc) is 2.94. The number of rotatable bonds is 2. The lowest BCUT2D eigenvalue weighted by Gasteiger charge is -2.24. The van der Waals surface area contributed by atoms with Gasteiger partial charge in [0.15, 0.2) is 5.82 Å². The van der Waals surface area contributed by atoms with Crippen molar-refractivity contribution in [3.8, 4) is 0 Å². The second-order valence-electron chi connectivity index (χ2n) is 4.21. The summed E-state index contributed by atoms with van der Waals surface area (Å²) in [7, 11) is 0. The lowest BCUT2D eigenvalue weighted by molar-refractivity contribution is 0.0115. The molecule has 0 radical (unpaired) electrons. The molecular weight excluding hydrogens is 224 g/mol. The van der Waals surface area contributed by atoms with Crippen LogP contribution < -0.4 is 15.8 Å². The monoisotopic (exact) mass is 238 g/mol. The van der Waals surface area contributed by atoms with Gasteiger partial charge < -0.3 is 25.0 Å². The first-order valence-corrected chi connectivity index (χ1v) is 5.64. The largest absolute Gasteiger partial charge is 0.394 e. The van der Waals surface area contributed by atoms with Gasteiger partial charge in [-0.25, -0.2) is 4.98 Å². The molecule has 7 nitrogen and oxygen atoms in total. The second kappa shape index (κ2) is 4.01. The van der Waals surface area contributed by atoms with Crippen molar-refractivity contribution in [2.45, 2.75) is 25.2 Å². The van der Waals surface area contributed by atoms with Gasteiger partial charge in [0.2, 0.25) is 0 Å². The predicted octanol–water partition coefficient (Wildman–Crippen LogP) is -0.543. The number of hydrogen-bond acceptors (Lipinski definition) is 6. The van der Waals surface area contributed by atoms with Crippen LogP contribution >= 0.6 is 0 Å². The van der Waals surface area contributed by atoms with Crippen molar-refractivity contribution in [1.82, 2.24) is 9.97 Å². The van der Waals surface area contributed by atoms with E-state index < -0.39 is 0 Å². The Kier molecular flexibility index (Phi) is 2.49. The Balaban J connectivity index is 1.85. The summed E-state index contributed by atoms with van der Waals surface area (Å²) in [5.74, 6) is 0.623. The molecule has 92 valence electrons. The maximum Gasteiger partial charge on any atom is 0.276 e. The molecule has 0 amide bonds. The maximum atomic E-state index is 11.5. The summed E-state index contributed by atoms with van der Waals surface area (Å²) in [6, 6.07) is 0. The zero-order valence-corrected chi connectivity index (χ0v) is 9.22. The number of nitrogens with one attached hydrogen (secondary N) is 2. The minimum Gasteiger partial charge on any atom is -0.394 e. The van der Waals surface area contributed by atoms with Crippen LogP contribution in [0.1, 0.15) is 12.8 Å². The molecular formula is C10H14N4O3. The molecule has 3 N–H and O–H groups in total. The smallest absolute Gasteiger partial charge is 0.276 e. The highest BCUT2D eigenvalue weighted by Gasteiger charge is 2.34. The van der Waals surface area contributed by atoms with E-state index in [0.717, 1.165) is 12.8 Å². The lowest BCUT2D eigenvalue weighted by Crippen LogP contribution is -2.35. The molecule has 3 rings (SSSR count). The fourth-order valence-corrected chi connectivity index (χ4v) is 2.30. The van der Waals surface area contributed by atoms with Crippen LogP contribution in [0.15, 0.2) is 11.1 Å². The van der Waals surface area contributed by atoms with Crippen LogP contribution in [0, 0.1) is 0 Å². The highest BCUT2D eigenvalue weighted by atomic mass is 16.5. The molecule has 2 aliphatic rings. The van der Waals surface area contributed by atoms with Gasteiger partial charge in [0, 0.05) is 0 Å². The van der Waals surface area contributed by atoms with Crippen molar-refractivity contribution in [3.05, 3.63) is 16.7 Å². The molecule has 0 spiro atoms. The molecule has 1 aromatic rings. The van der Waals surface area contributed by atoms with Gasteiger partial charge in [-0.2, -0.15) is 0 Å². The van der Waals surface area contributed by atoms with E-state index in [2.05, 4.69) is 15.3 Å². The number of aromatic nitrogens is 2. The topological polar surface area (TPSA) is 90.5 Å². The van der Waals surface area contributed by atoms with Crippen molar-refractivity contribution in [2.75, 3.05) is 23.5 Å². The average molecular weight is 238 g/mol. The molecule has 17 heavy (non-hydrogen) atoms. The summed E-state index contributed by atoms with van der Waals surface area (Å²) in [5, 5.41) is 12.0. The minimum atomic E-state index is -0.172. The highest BCUT2D eigenvalue weighted by molar-refractivity contribution is 5.69. The van der Waals surface area contributed by atoms with Crippen molar-refractivity contribution in [3.63, 3.8) is 0 Å². The van der Waals surface area contributed by atoms with Gasteiger partial charge in [0.25, 0.3) is 5.56 Å². The standard InChI is InChI=1S/C10H14N4O3/c15-3-6-1-2-7(17-6)14-5-13-8-9(14)11-4-12-10(8)16/h4,6-7,13,15H,1-3,5H2,(H,11,12,16). The van der Waals surface area contributed by atoms with E-state index >= 15 is 0 Å². The molecule has 2 unspecified atom stereocenters. The van der Waals surface area contributed by atoms with Crippen molar-refractivity contribution >= 4 is 11.5 Å². The molecule has 0 aromatic carbocycles. The van der Waals surface area contributed by atoms with E-state index in [1.807, 2.05) is 4.90 Å². The number of aliphatic hydroxyl groups excluding tert-OH is 1. The van der Waals surface area contributed by atoms with Crippen LogP contribution in [-0.4, -0.2) is 40.7 Å². The van der Waals surface area contributed by atoms with Gasteiger partial charge >= 0.3 is 0 Å². The number of aromatic amines is 1. The number of anilines is 2. The molecule has 7 heteroatoms. The Labute approximate surface area is 97.4 Å². The molecule has 1 saturated heterocycles. The zero-order chi connectivity index (χ0) is 11.8. The van der Waals surface area contributed by atoms with E-state index in [1.54, 1.807) is 0 Å². The summed E-state index contributed by atoms with van der Waals surface area (Å²) in [5.41, 5.74) is 0.317. The van der Waals surface area contributed by atoms with Gasteiger partial charge in [-0.1, -0.05) is 0 Å². The van der Waals surface area contributed by atoms with Crippen LogP contribution in [0.5, 0.6) is 0 Å². The summed E-state index contributed by atoms with van der Waals surface area (Å²) in [4.78, 5) is 20.1. The minimum absolute atomic E-state index is 0.0351. The Morgan fingerprint density at radius 1 is 1.59 bits per heavy atom. The first kappa shape index (κ1) is 10.5. The fraction of sp³-hybridized carbons (Fsp3) is 0.600. The van der Waals surface area contributed by atoms with E-state index in [0.29, 0.717) is 18.2 Å². The third kappa shape index (κ3) is 1.67. The first-order valence-electron chi connectivity index (χ1n) is 5.64. The maximum absolute atomic E-state index is 11.5. The third-order valence-corrected chi connectivity index (χ3v) is 3.17. The second-order valence-corrected chi connectivity index (χ2v) is 4.21. The van der Waals surface area contributed by atoms with Crippen molar-refractivity contribution < 1.29 is 9.84 Å². The van der Waals surface area contributed by atoms with Crippen molar-refractivity contribution in [2.24, 2.45) is 0 Å². The summed E-state index contributed by atoms with van der Waals surface area (Å²) < 4.78 is 5.67. The van der Waals surface area contributed by atoms with E-state index in [9.17, 15) is 4.79 Å². The first-order chi connectivity index (χ1) is 8.29. The molecule has 2 atom stereocenters. The van der Waals surface area contributed by atoms with Crippen molar-refractivity contribution in [1.29, 1.82) is 0 Å². The number of nitrogens with zero attached hydrogens (tertiary/aromatic N) is 2. The molecule has 2 aliphatic heterocycles. The molecule has 1 fully saturated rings. The normalized spacial score (nSPS) is 27.0. The zero-order valence-electron chi connectivity index (χ0n) is 9.22. The van der Waals surface area contributed by atoms with Gasteiger partial charge in [-0.3, -0.25) is 4.79 Å². The number of ether oxygens (including phenoxy) is 1. The summed E-state index contributed by atoms with van der Waals surface area (Å²) in [6.45, 7) is 0.547. The van der Waals surface area contributed by atoms with E-state index in [1.165, 1.54) is 6.33 Å². The van der Waals surface area contributed by atoms with Crippen LogP contribution in [0.3, 0.4) is 0 Å². The van der Waals surface area contributed by atoms with Crippen LogP contribution in [0.4, 0.5) is 11.5 Å². The summed E-state index contributed by atoms with van der Waals surface area (Å²) >= 11 is 0. The van der Waals surface area contributed by atoms with E-state index in [-0.39, 0.29) is 24.5 Å². The number of aliphatic hydroxyl groups is 1. The summed E-state index contributed by atoms with van der Waals surface area (Å²) in [6.07, 6.45) is 2.83. The Morgan fingerprint density at radius 2 is 2.47 bits per heavy atom. The molecule has 1 aromatic heterocycles. The van der Waals surface area contributed by atoms with Gasteiger partial charge in [0.05, 0.1) is 25.7 Å². The molecule has 0 bridgehead atoms. The van der Waals surface area contributed by atoms with Crippen LogP contribution in [0.25, 0.3) is 0 Å². The van der Waals surface area contributed by atoms with Gasteiger partial charge in [-0.15, -0.1) is 0 Å². The quantitative estimate of drug-likeness (QED) is 0.641. The Morgan fingerprint density at radius 3 is 3.24 bits per heavy atom. The molecule has 0 saturated carbocycles.